The molecule has 1 N–H and O–H groups in total. The summed E-state index contributed by atoms with van der Waals surface area (Å²) >= 11 is 0. The van der Waals surface area contributed by atoms with E-state index < -0.39 is 11.8 Å². The van der Waals surface area contributed by atoms with Crippen molar-refractivity contribution in [1.29, 1.82) is 0 Å². The first-order valence-electron chi connectivity index (χ1n) is 6.00. The van der Waals surface area contributed by atoms with E-state index in [1.165, 1.54) is 6.07 Å². The van der Waals surface area contributed by atoms with Crippen LogP contribution in [0.1, 0.15) is 21.5 Å². The van der Waals surface area contributed by atoms with Gasteiger partial charge in [0.1, 0.15) is 11.4 Å². The fraction of sp³-hybridized carbons (Fsp3) is 0.133. The first kappa shape index (κ1) is 11.7. The number of fused-ring (bicyclic) bond motifs is 1. The number of anilines is 1. The zero-order valence-corrected chi connectivity index (χ0v) is 10.1. The Kier molecular flexibility index (Phi) is 2.71. The van der Waals surface area contributed by atoms with Gasteiger partial charge in [0.2, 0.25) is 0 Å². The molecule has 0 spiro atoms. The van der Waals surface area contributed by atoms with E-state index in [4.69, 9.17) is 5.11 Å². The molecule has 19 heavy (non-hydrogen) atoms. The lowest BCUT2D eigenvalue weighted by molar-refractivity contribution is 0.0692. The average molecular weight is 257 g/mol. The van der Waals surface area contributed by atoms with Crippen LogP contribution in [0.3, 0.4) is 0 Å². The van der Waals surface area contributed by atoms with Crippen molar-refractivity contribution in [3.05, 3.63) is 65.0 Å². The minimum atomic E-state index is -1.23. The molecule has 1 heterocycles. The molecule has 3 rings (SSSR count). The lowest BCUT2D eigenvalue weighted by atomic mass is 10.1. The van der Waals surface area contributed by atoms with Crippen molar-refractivity contribution in [3.8, 4) is 0 Å². The van der Waals surface area contributed by atoms with Crippen LogP contribution < -0.4 is 4.90 Å². The lowest BCUT2D eigenvalue weighted by Crippen LogP contribution is -2.19. The molecule has 0 unspecified atom stereocenters. The van der Waals surface area contributed by atoms with Gasteiger partial charge in [-0.15, -0.1) is 0 Å². The van der Waals surface area contributed by atoms with Gasteiger partial charge in [0, 0.05) is 13.1 Å². The zero-order valence-electron chi connectivity index (χ0n) is 10.1. The maximum Gasteiger partial charge on any atom is 0.340 e. The van der Waals surface area contributed by atoms with Crippen molar-refractivity contribution >= 4 is 11.7 Å². The van der Waals surface area contributed by atoms with Gasteiger partial charge in [-0.25, -0.2) is 9.18 Å². The van der Waals surface area contributed by atoms with E-state index in [-0.39, 0.29) is 5.56 Å². The minimum absolute atomic E-state index is 0.254. The molecule has 4 heteroatoms. The maximum atomic E-state index is 13.7. The molecule has 0 aromatic heterocycles. The number of carboxylic acid groups (broad SMARTS) is 1. The summed E-state index contributed by atoms with van der Waals surface area (Å²) < 4.78 is 13.7. The Bertz CT molecular complexity index is 629. The summed E-state index contributed by atoms with van der Waals surface area (Å²) in [5.41, 5.74) is 2.49. The second-order valence-corrected chi connectivity index (χ2v) is 4.56. The van der Waals surface area contributed by atoms with Crippen molar-refractivity contribution in [2.45, 2.75) is 13.1 Å². The Morgan fingerprint density at radius 3 is 2.26 bits per heavy atom. The van der Waals surface area contributed by atoms with Gasteiger partial charge < -0.3 is 10.0 Å². The molecule has 0 radical (unpaired) electrons. The fourth-order valence-corrected chi connectivity index (χ4v) is 2.49. The molecule has 1 aliphatic rings. The Morgan fingerprint density at radius 1 is 1.05 bits per heavy atom. The van der Waals surface area contributed by atoms with Crippen LogP contribution in [0.25, 0.3) is 0 Å². The fourth-order valence-electron chi connectivity index (χ4n) is 2.49. The van der Waals surface area contributed by atoms with E-state index in [0.717, 1.165) is 11.1 Å². The number of nitrogens with zero attached hydrogens (tertiary/aromatic N) is 1. The highest BCUT2D eigenvalue weighted by Gasteiger charge is 2.24. The number of carbonyl (C=O) groups is 1. The Balaban J connectivity index is 2.02. The third-order valence-corrected chi connectivity index (χ3v) is 3.39. The molecule has 0 atom stereocenters. The summed E-state index contributed by atoms with van der Waals surface area (Å²) in [7, 11) is 0. The summed E-state index contributed by atoms with van der Waals surface area (Å²) in [6.45, 7) is 1.22. The van der Waals surface area contributed by atoms with Crippen molar-refractivity contribution in [2.75, 3.05) is 4.90 Å². The molecule has 0 bridgehead atoms. The maximum absolute atomic E-state index is 13.7. The molecular weight excluding hydrogens is 245 g/mol. The second kappa shape index (κ2) is 4.39. The monoisotopic (exact) mass is 257 g/mol. The number of carboxylic acids is 1. The summed E-state index contributed by atoms with van der Waals surface area (Å²) in [6, 6.07) is 12.3. The first-order chi connectivity index (χ1) is 9.16. The van der Waals surface area contributed by atoms with E-state index in [1.807, 2.05) is 29.2 Å². The normalized spacial score (nSPS) is 13.4. The van der Waals surface area contributed by atoms with Gasteiger partial charge in [-0.1, -0.05) is 30.3 Å². The third kappa shape index (κ3) is 1.95. The summed E-state index contributed by atoms with van der Waals surface area (Å²) in [4.78, 5) is 13.1. The molecule has 3 nitrogen and oxygen atoms in total. The third-order valence-electron chi connectivity index (χ3n) is 3.39. The number of halogens is 1. The molecule has 2 aromatic rings. The number of rotatable bonds is 2. The highest BCUT2D eigenvalue weighted by Crippen LogP contribution is 2.31. The standard InChI is InChI=1S/C15H12FNO2/c16-12-6-3-7-13(14(12)15(18)19)17-8-10-4-1-2-5-11(10)9-17/h1-7H,8-9H2,(H,18,19). The molecule has 0 aliphatic carbocycles. The smallest absolute Gasteiger partial charge is 0.340 e. The topological polar surface area (TPSA) is 40.5 Å². The number of aromatic carboxylic acids is 1. The van der Waals surface area contributed by atoms with Gasteiger partial charge in [0.15, 0.2) is 0 Å². The second-order valence-electron chi connectivity index (χ2n) is 4.56. The minimum Gasteiger partial charge on any atom is -0.478 e. The molecule has 0 amide bonds. The molecule has 0 fully saturated rings. The molecular formula is C15H12FNO2. The Morgan fingerprint density at radius 2 is 1.68 bits per heavy atom. The molecule has 96 valence electrons. The highest BCUT2D eigenvalue weighted by atomic mass is 19.1. The van der Waals surface area contributed by atoms with Crippen molar-refractivity contribution in [3.63, 3.8) is 0 Å². The summed E-state index contributed by atoms with van der Waals surface area (Å²) in [5.74, 6) is -1.93. The van der Waals surface area contributed by atoms with E-state index in [2.05, 4.69) is 0 Å². The van der Waals surface area contributed by atoms with E-state index in [9.17, 15) is 9.18 Å². The SMILES string of the molecule is O=C(O)c1c(F)cccc1N1Cc2ccccc2C1. The highest BCUT2D eigenvalue weighted by molar-refractivity contribution is 5.94. The zero-order chi connectivity index (χ0) is 13.4. The van der Waals surface area contributed by atoms with Gasteiger partial charge in [-0.3, -0.25) is 0 Å². The van der Waals surface area contributed by atoms with Crippen LogP contribution in [0.15, 0.2) is 42.5 Å². The Hall–Kier alpha value is -2.36. The largest absolute Gasteiger partial charge is 0.478 e. The van der Waals surface area contributed by atoms with Crippen LogP contribution in [0.2, 0.25) is 0 Å². The molecule has 1 aliphatic heterocycles. The summed E-state index contributed by atoms with van der Waals surface area (Å²) in [5, 5.41) is 9.16. The van der Waals surface area contributed by atoms with Gasteiger partial charge in [-0.2, -0.15) is 0 Å². The number of hydrogen-bond acceptors (Lipinski definition) is 2. The predicted molar refractivity (Wildman–Crippen MR) is 69.7 cm³/mol. The van der Waals surface area contributed by atoms with Crippen molar-refractivity contribution < 1.29 is 14.3 Å². The summed E-state index contributed by atoms with van der Waals surface area (Å²) in [6.07, 6.45) is 0. The van der Waals surface area contributed by atoms with Crippen LogP contribution in [0.4, 0.5) is 10.1 Å². The van der Waals surface area contributed by atoms with Crippen LogP contribution in [0.5, 0.6) is 0 Å². The van der Waals surface area contributed by atoms with Crippen LogP contribution >= 0.6 is 0 Å². The molecule has 0 saturated carbocycles. The Labute approximate surface area is 109 Å². The number of hydrogen-bond donors (Lipinski definition) is 1. The van der Waals surface area contributed by atoms with Gasteiger partial charge in [0.25, 0.3) is 0 Å². The van der Waals surface area contributed by atoms with Gasteiger partial charge in [0.05, 0.1) is 5.69 Å². The average Bonchev–Trinajstić information content (AvgIpc) is 2.81. The van der Waals surface area contributed by atoms with Crippen molar-refractivity contribution in [2.24, 2.45) is 0 Å². The quantitative estimate of drug-likeness (QED) is 0.899. The van der Waals surface area contributed by atoms with Crippen LogP contribution in [-0.2, 0) is 13.1 Å². The van der Waals surface area contributed by atoms with E-state index in [1.54, 1.807) is 12.1 Å². The van der Waals surface area contributed by atoms with Gasteiger partial charge in [-0.05, 0) is 23.3 Å². The first-order valence-corrected chi connectivity index (χ1v) is 6.00. The lowest BCUT2D eigenvalue weighted by Gasteiger charge is -2.20. The molecule has 0 saturated heterocycles. The van der Waals surface area contributed by atoms with Gasteiger partial charge >= 0.3 is 5.97 Å². The van der Waals surface area contributed by atoms with Crippen molar-refractivity contribution in [1.82, 2.24) is 0 Å². The molecule has 2 aromatic carbocycles. The van der Waals surface area contributed by atoms with E-state index >= 15 is 0 Å². The van der Waals surface area contributed by atoms with E-state index in [0.29, 0.717) is 18.8 Å². The van der Waals surface area contributed by atoms with Crippen LogP contribution in [0, 0.1) is 5.82 Å². The van der Waals surface area contributed by atoms with Crippen LogP contribution in [-0.4, -0.2) is 11.1 Å². The number of benzene rings is 2. The predicted octanol–water partition coefficient (Wildman–Crippen LogP) is 3.04.